The minimum Gasteiger partial charge on any atom is -0.336 e. The highest BCUT2D eigenvalue weighted by atomic mass is 19.1. The van der Waals surface area contributed by atoms with Gasteiger partial charge in [0.15, 0.2) is 0 Å². The van der Waals surface area contributed by atoms with Crippen molar-refractivity contribution in [2.24, 2.45) is 5.92 Å². The van der Waals surface area contributed by atoms with Crippen LogP contribution in [-0.2, 0) is 0 Å². The molecule has 110 valence electrons. The molecule has 1 aromatic rings. The molecule has 0 aromatic heterocycles. The van der Waals surface area contributed by atoms with E-state index in [0.717, 1.165) is 32.7 Å². The number of carbonyl (C=O) groups is 1. The van der Waals surface area contributed by atoms with Gasteiger partial charge in [0.05, 0.1) is 0 Å². The first kappa shape index (κ1) is 15.0. The predicted molar refractivity (Wildman–Crippen MR) is 78.3 cm³/mol. The fourth-order valence-electron chi connectivity index (χ4n) is 2.61. The lowest BCUT2D eigenvalue weighted by molar-refractivity contribution is 0.0623. The van der Waals surface area contributed by atoms with Crippen LogP contribution in [0.5, 0.6) is 0 Å². The third-order valence-corrected chi connectivity index (χ3v) is 3.69. The second kappa shape index (κ2) is 6.35. The molecule has 0 unspecified atom stereocenters. The largest absolute Gasteiger partial charge is 0.336 e. The standard InChI is InChI=1S/C16H23FN2O/c1-12(2)11-18-6-8-19(9-7-18)16(20)14-4-5-15(17)13(3)10-14/h4-5,10,12H,6-9,11H2,1-3H3. The molecule has 1 heterocycles. The van der Waals surface area contributed by atoms with Crippen molar-refractivity contribution in [1.29, 1.82) is 0 Å². The lowest BCUT2D eigenvalue weighted by Gasteiger charge is -2.35. The fourth-order valence-corrected chi connectivity index (χ4v) is 2.61. The van der Waals surface area contributed by atoms with Crippen LogP contribution >= 0.6 is 0 Å². The van der Waals surface area contributed by atoms with Gasteiger partial charge in [-0.05, 0) is 36.6 Å². The second-order valence-electron chi connectivity index (χ2n) is 5.95. The van der Waals surface area contributed by atoms with Gasteiger partial charge >= 0.3 is 0 Å². The van der Waals surface area contributed by atoms with E-state index in [1.165, 1.54) is 6.07 Å². The summed E-state index contributed by atoms with van der Waals surface area (Å²) in [5.41, 5.74) is 1.11. The van der Waals surface area contributed by atoms with E-state index >= 15 is 0 Å². The number of nitrogens with zero attached hydrogens (tertiary/aromatic N) is 2. The molecule has 0 radical (unpaired) electrons. The number of benzene rings is 1. The summed E-state index contributed by atoms with van der Waals surface area (Å²) in [4.78, 5) is 16.6. The van der Waals surface area contributed by atoms with Crippen LogP contribution < -0.4 is 0 Å². The average Bonchev–Trinajstić information content (AvgIpc) is 2.41. The fraction of sp³-hybridized carbons (Fsp3) is 0.562. The highest BCUT2D eigenvalue weighted by Crippen LogP contribution is 2.13. The van der Waals surface area contributed by atoms with Gasteiger partial charge in [0.2, 0.25) is 0 Å². The quantitative estimate of drug-likeness (QED) is 0.848. The number of halogens is 1. The Hall–Kier alpha value is -1.42. The summed E-state index contributed by atoms with van der Waals surface area (Å²) in [6.45, 7) is 10.5. The summed E-state index contributed by atoms with van der Waals surface area (Å²) in [7, 11) is 0. The van der Waals surface area contributed by atoms with Crippen molar-refractivity contribution < 1.29 is 9.18 Å². The first-order chi connectivity index (χ1) is 9.47. The normalized spacial score (nSPS) is 16.8. The number of piperazine rings is 1. The number of hydrogen-bond donors (Lipinski definition) is 0. The molecule has 0 spiro atoms. The second-order valence-corrected chi connectivity index (χ2v) is 5.95. The number of amides is 1. The monoisotopic (exact) mass is 278 g/mol. The molecule has 0 aliphatic carbocycles. The topological polar surface area (TPSA) is 23.6 Å². The Bertz CT molecular complexity index is 479. The van der Waals surface area contributed by atoms with Crippen molar-refractivity contribution in [3.05, 3.63) is 35.1 Å². The first-order valence-corrected chi connectivity index (χ1v) is 7.25. The highest BCUT2D eigenvalue weighted by Gasteiger charge is 2.22. The van der Waals surface area contributed by atoms with E-state index in [9.17, 15) is 9.18 Å². The van der Waals surface area contributed by atoms with Gasteiger partial charge in [0, 0.05) is 38.3 Å². The van der Waals surface area contributed by atoms with Gasteiger partial charge in [-0.25, -0.2) is 4.39 Å². The van der Waals surface area contributed by atoms with E-state index in [4.69, 9.17) is 0 Å². The highest BCUT2D eigenvalue weighted by molar-refractivity contribution is 5.94. The van der Waals surface area contributed by atoms with E-state index in [0.29, 0.717) is 17.0 Å². The van der Waals surface area contributed by atoms with Crippen LogP contribution in [-0.4, -0.2) is 48.4 Å². The van der Waals surface area contributed by atoms with Crippen LogP contribution in [0.4, 0.5) is 4.39 Å². The van der Waals surface area contributed by atoms with Crippen molar-refractivity contribution in [1.82, 2.24) is 9.80 Å². The minimum atomic E-state index is -0.261. The molecular formula is C16H23FN2O. The van der Waals surface area contributed by atoms with Crippen LogP contribution in [0.1, 0.15) is 29.8 Å². The molecule has 0 N–H and O–H groups in total. The third kappa shape index (κ3) is 3.57. The van der Waals surface area contributed by atoms with E-state index in [1.807, 2.05) is 4.90 Å². The van der Waals surface area contributed by atoms with E-state index in [1.54, 1.807) is 19.1 Å². The molecule has 1 aromatic carbocycles. The number of aryl methyl sites for hydroxylation is 1. The SMILES string of the molecule is Cc1cc(C(=O)N2CCN(CC(C)C)CC2)ccc1F. The maximum absolute atomic E-state index is 13.2. The Morgan fingerprint density at radius 3 is 2.45 bits per heavy atom. The molecule has 2 rings (SSSR count). The smallest absolute Gasteiger partial charge is 0.253 e. The van der Waals surface area contributed by atoms with Crippen molar-refractivity contribution in [2.75, 3.05) is 32.7 Å². The zero-order valence-corrected chi connectivity index (χ0v) is 12.5. The van der Waals surface area contributed by atoms with E-state index < -0.39 is 0 Å². The van der Waals surface area contributed by atoms with Crippen LogP contribution in [0.3, 0.4) is 0 Å². The van der Waals surface area contributed by atoms with Crippen LogP contribution in [0, 0.1) is 18.7 Å². The molecule has 1 fully saturated rings. The zero-order chi connectivity index (χ0) is 14.7. The molecule has 20 heavy (non-hydrogen) atoms. The molecule has 0 saturated carbocycles. The Labute approximate surface area is 120 Å². The molecule has 1 saturated heterocycles. The molecule has 0 bridgehead atoms. The molecule has 1 aliphatic heterocycles. The summed E-state index contributed by atoms with van der Waals surface area (Å²) < 4.78 is 13.2. The number of carbonyl (C=O) groups excluding carboxylic acids is 1. The summed E-state index contributed by atoms with van der Waals surface area (Å²) >= 11 is 0. The van der Waals surface area contributed by atoms with Gasteiger partial charge in [-0.3, -0.25) is 9.69 Å². The van der Waals surface area contributed by atoms with Crippen molar-refractivity contribution in [2.45, 2.75) is 20.8 Å². The van der Waals surface area contributed by atoms with Gasteiger partial charge in [-0.2, -0.15) is 0 Å². The average molecular weight is 278 g/mol. The molecular weight excluding hydrogens is 255 g/mol. The van der Waals surface area contributed by atoms with Crippen LogP contribution in [0.25, 0.3) is 0 Å². The van der Waals surface area contributed by atoms with Crippen molar-refractivity contribution in [3.8, 4) is 0 Å². The lowest BCUT2D eigenvalue weighted by Crippen LogP contribution is -2.49. The van der Waals surface area contributed by atoms with Gasteiger partial charge < -0.3 is 4.90 Å². The maximum atomic E-state index is 13.2. The lowest BCUT2D eigenvalue weighted by atomic mass is 10.1. The van der Waals surface area contributed by atoms with Crippen molar-refractivity contribution >= 4 is 5.91 Å². The van der Waals surface area contributed by atoms with Gasteiger partial charge in [-0.1, -0.05) is 13.8 Å². The summed E-state index contributed by atoms with van der Waals surface area (Å²) in [6.07, 6.45) is 0. The van der Waals surface area contributed by atoms with E-state index in [-0.39, 0.29) is 11.7 Å². The Morgan fingerprint density at radius 1 is 1.25 bits per heavy atom. The molecule has 3 nitrogen and oxygen atoms in total. The molecule has 1 aliphatic rings. The molecule has 4 heteroatoms. The van der Waals surface area contributed by atoms with E-state index in [2.05, 4.69) is 18.7 Å². The number of hydrogen-bond acceptors (Lipinski definition) is 2. The van der Waals surface area contributed by atoms with Gasteiger partial charge in [-0.15, -0.1) is 0 Å². The molecule has 1 amide bonds. The van der Waals surface area contributed by atoms with Crippen molar-refractivity contribution in [3.63, 3.8) is 0 Å². The molecule has 0 atom stereocenters. The van der Waals surface area contributed by atoms with Crippen LogP contribution in [0.2, 0.25) is 0 Å². The van der Waals surface area contributed by atoms with Gasteiger partial charge in [0.1, 0.15) is 5.82 Å². The Morgan fingerprint density at radius 2 is 1.90 bits per heavy atom. The third-order valence-electron chi connectivity index (χ3n) is 3.69. The summed E-state index contributed by atoms with van der Waals surface area (Å²) in [5.74, 6) is 0.401. The zero-order valence-electron chi connectivity index (χ0n) is 12.5. The maximum Gasteiger partial charge on any atom is 0.253 e. The Balaban J connectivity index is 1.96. The van der Waals surface area contributed by atoms with Gasteiger partial charge in [0.25, 0.3) is 5.91 Å². The predicted octanol–water partition coefficient (Wildman–Crippen LogP) is 2.55. The minimum absolute atomic E-state index is 0.0114. The number of rotatable bonds is 3. The summed E-state index contributed by atoms with van der Waals surface area (Å²) in [6, 6.07) is 4.58. The van der Waals surface area contributed by atoms with Crippen LogP contribution in [0.15, 0.2) is 18.2 Å². The first-order valence-electron chi connectivity index (χ1n) is 7.25. The summed E-state index contributed by atoms with van der Waals surface area (Å²) in [5, 5.41) is 0. The Kier molecular flexibility index (Phi) is 4.76.